The predicted molar refractivity (Wildman–Crippen MR) is 62.6 cm³/mol. The van der Waals surface area contributed by atoms with Gasteiger partial charge < -0.3 is 0 Å². The van der Waals surface area contributed by atoms with Crippen LogP contribution in [0.25, 0.3) is 0 Å². The molecule has 1 rings (SSSR count). The van der Waals surface area contributed by atoms with Crippen LogP contribution in [0.3, 0.4) is 0 Å². The first-order valence-corrected chi connectivity index (χ1v) is 5.79. The molecule has 0 aromatic rings. The molecule has 2 heteroatoms. The van der Waals surface area contributed by atoms with Crippen molar-refractivity contribution in [2.45, 2.75) is 58.7 Å². The van der Waals surface area contributed by atoms with E-state index in [1.54, 1.807) is 0 Å². The summed E-state index contributed by atoms with van der Waals surface area (Å²) < 4.78 is 0. The molecular formula is C12H26N2. The van der Waals surface area contributed by atoms with Crippen molar-refractivity contribution in [2.75, 3.05) is 20.1 Å². The summed E-state index contributed by atoms with van der Waals surface area (Å²) in [4.78, 5) is 5.10. The van der Waals surface area contributed by atoms with Crippen LogP contribution in [0.4, 0.5) is 0 Å². The Morgan fingerprint density at radius 3 is 2.21 bits per heavy atom. The second kappa shape index (κ2) is 4.19. The summed E-state index contributed by atoms with van der Waals surface area (Å²) in [5, 5.41) is 0. The van der Waals surface area contributed by atoms with Gasteiger partial charge >= 0.3 is 0 Å². The normalized spacial score (nSPS) is 25.3. The van der Waals surface area contributed by atoms with Crippen LogP contribution in [-0.4, -0.2) is 47.6 Å². The van der Waals surface area contributed by atoms with Gasteiger partial charge in [0.05, 0.1) is 0 Å². The first kappa shape index (κ1) is 12.0. The van der Waals surface area contributed by atoms with E-state index in [1.165, 1.54) is 19.5 Å². The molecule has 2 nitrogen and oxygen atoms in total. The highest BCUT2D eigenvalue weighted by molar-refractivity contribution is 4.88. The minimum atomic E-state index is 0.303. The van der Waals surface area contributed by atoms with E-state index in [0.29, 0.717) is 11.6 Å². The maximum atomic E-state index is 2.58. The number of rotatable bonds is 2. The van der Waals surface area contributed by atoms with Gasteiger partial charge in [0.25, 0.3) is 0 Å². The van der Waals surface area contributed by atoms with E-state index in [9.17, 15) is 0 Å². The third-order valence-corrected chi connectivity index (χ3v) is 3.53. The predicted octanol–water partition coefficient (Wildman–Crippen LogP) is 2.20. The number of nitrogens with zero attached hydrogens (tertiary/aromatic N) is 2. The van der Waals surface area contributed by atoms with Crippen molar-refractivity contribution in [3.05, 3.63) is 0 Å². The summed E-state index contributed by atoms with van der Waals surface area (Å²) in [7, 11) is 2.26. The van der Waals surface area contributed by atoms with Crippen LogP contribution in [0.5, 0.6) is 0 Å². The van der Waals surface area contributed by atoms with Gasteiger partial charge in [-0.2, -0.15) is 0 Å². The molecule has 1 saturated heterocycles. The molecule has 0 amide bonds. The summed E-state index contributed by atoms with van der Waals surface area (Å²) in [5.41, 5.74) is 0.303. The fourth-order valence-corrected chi connectivity index (χ4v) is 2.10. The molecule has 0 unspecified atom stereocenters. The Kier molecular flexibility index (Phi) is 3.59. The fraction of sp³-hybridized carbons (Fsp3) is 1.00. The summed E-state index contributed by atoms with van der Waals surface area (Å²) in [5.74, 6) is 0. The standard InChI is InChI=1S/C12H26N2/c1-10(2)14-8-7-11(9-14)13(6)12(3,4)5/h10-11H,7-9H2,1-6H3/t11-/m1/s1. The topological polar surface area (TPSA) is 6.48 Å². The average molecular weight is 198 g/mol. The van der Waals surface area contributed by atoms with E-state index in [4.69, 9.17) is 0 Å². The molecule has 1 atom stereocenters. The van der Waals surface area contributed by atoms with Gasteiger partial charge in [-0.3, -0.25) is 9.80 Å². The first-order chi connectivity index (χ1) is 6.32. The molecule has 0 aromatic carbocycles. The van der Waals surface area contributed by atoms with Crippen molar-refractivity contribution in [1.29, 1.82) is 0 Å². The zero-order chi connectivity index (χ0) is 10.9. The van der Waals surface area contributed by atoms with Crippen LogP contribution in [0.2, 0.25) is 0 Å². The van der Waals surface area contributed by atoms with Crippen molar-refractivity contribution in [3.63, 3.8) is 0 Å². The maximum Gasteiger partial charge on any atom is 0.0237 e. The molecule has 1 heterocycles. The van der Waals surface area contributed by atoms with E-state index in [1.807, 2.05) is 0 Å². The molecular weight excluding hydrogens is 172 g/mol. The minimum Gasteiger partial charge on any atom is -0.299 e. The number of likely N-dealkylation sites (tertiary alicyclic amines) is 1. The molecule has 0 bridgehead atoms. The van der Waals surface area contributed by atoms with Gasteiger partial charge in [-0.05, 0) is 48.1 Å². The average Bonchev–Trinajstić information content (AvgIpc) is 2.48. The Bertz CT molecular complexity index is 181. The van der Waals surface area contributed by atoms with Crippen LogP contribution in [0.15, 0.2) is 0 Å². The van der Waals surface area contributed by atoms with E-state index in [0.717, 1.165) is 6.04 Å². The molecule has 0 spiro atoms. The highest BCUT2D eigenvalue weighted by Crippen LogP contribution is 2.22. The van der Waals surface area contributed by atoms with E-state index < -0.39 is 0 Å². The molecule has 0 radical (unpaired) electrons. The van der Waals surface area contributed by atoms with Crippen LogP contribution < -0.4 is 0 Å². The summed E-state index contributed by atoms with van der Waals surface area (Å²) in [6, 6.07) is 1.45. The molecule has 1 aliphatic rings. The first-order valence-electron chi connectivity index (χ1n) is 5.79. The number of hydrogen-bond acceptors (Lipinski definition) is 2. The highest BCUT2D eigenvalue weighted by Gasteiger charge is 2.31. The fourth-order valence-electron chi connectivity index (χ4n) is 2.10. The summed E-state index contributed by atoms with van der Waals surface area (Å²) in [6.07, 6.45) is 1.33. The number of likely N-dealkylation sites (N-methyl/N-ethyl adjacent to an activating group) is 1. The van der Waals surface area contributed by atoms with E-state index in [-0.39, 0.29) is 0 Å². The minimum absolute atomic E-state index is 0.303. The zero-order valence-corrected chi connectivity index (χ0v) is 10.7. The van der Waals surface area contributed by atoms with Gasteiger partial charge in [-0.25, -0.2) is 0 Å². The SMILES string of the molecule is CC(C)N1CC[C@@H](N(C)C(C)(C)C)C1. The highest BCUT2D eigenvalue weighted by atomic mass is 15.3. The third kappa shape index (κ3) is 2.71. The molecule has 14 heavy (non-hydrogen) atoms. The smallest absolute Gasteiger partial charge is 0.0237 e. The van der Waals surface area contributed by atoms with Crippen molar-refractivity contribution in [2.24, 2.45) is 0 Å². The lowest BCUT2D eigenvalue weighted by Gasteiger charge is -2.37. The van der Waals surface area contributed by atoms with Crippen molar-refractivity contribution in [3.8, 4) is 0 Å². The van der Waals surface area contributed by atoms with Crippen LogP contribution >= 0.6 is 0 Å². The lowest BCUT2D eigenvalue weighted by molar-refractivity contribution is 0.115. The van der Waals surface area contributed by atoms with Crippen molar-refractivity contribution >= 4 is 0 Å². The van der Waals surface area contributed by atoms with Crippen molar-refractivity contribution in [1.82, 2.24) is 9.80 Å². The second-order valence-electron chi connectivity index (χ2n) is 5.81. The van der Waals surface area contributed by atoms with Crippen LogP contribution in [0, 0.1) is 0 Å². The van der Waals surface area contributed by atoms with Gasteiger partial charge in [0, 0.05) is 30.7 Å². The van der Waals surface area contributed by atoms with E-state index >= 15 is 0 Å². The largest absolute Gasteiger partial charge is 0.299 e. The second-order valence-corrected chi connectivity index (χ2v) is 5.81. The Balaban J connectivity index is 2.50. The Labute approximate surface area is 89.3 Å². The lowest BCUT2D eigenvalue weighted by atomic mass is 10.0. The third-order valence-electron chi connectivity index (χ3n) is 3.53. The maximum absolute atomic E-state index is 2.58. The van der Waals surface area contributed by atoms with Gasteiger partial charge in [0.2, 0.25) is 0 Å². The molecule has 84 valence electrons. The van der Waals surface area contributed by atoms with Crippen molar-refractivity contribution < 1.29 is 0 Å². The Morgan fingerprint density at radius 1 is 1.29 bits per heavy atom. The van der Waals surface area contributed by atoms with Gasteiger partial charge in [-0.15, -0.1) is 0 Å². The molecule has 0 aromatic heterocycles. The molecule has 1 aliphatic heterocycles. The molecule has 0 N–H and O–H groups in total. The van der Waals surface area contributed by atoms with Crippen LogP contribution in [-0.2, 0) is 0 Å². The summed E-state index contributed by atoms with van der Waals surface area (Å²) in [6.45, 7) is 14.0. The Hall–Kier alpha value is -0.0800. The van der Waals surface area contributed by atoms with Gasteiger partial charge in [0.1, 0.15) is 0 Å². The monoisotopic (exact) mass is 198 g/mol. The molecule has 1 fully saturated rings. The quantitative estimate of drug-likeness (QED) is 0.671. The summed E-state index contributed by atoms with van der Waals surface area (Å²) >= 11 is 0. The molecule has 0 saturated carbocycles. The van der Waals surface area contributed by atoms with E-state index in [2.05, 4.69) is 51.5 Å². The van der Waals surface area contributed by atoms with Gasteiger partial charge in [0.15, 0.2) is 0 Å². The van der Waals surface area contributed by atoms with Crippen LogP contribution in [0.1, 0.15) is 41.0 Å². The zero-order valence-electron chi connectivity index (χ0n) is 10.7. The lowest BCUT2D eigenvalue weighted by Crippen LogP contribution is -2.46. The Morgan fingerprint density at radius 2 is 1.86 bits per heavy atom. The number of hydrogen-bond donors (Lipinski definition) is 0. The molecule has 0 aliphatic carbocycles. The van der Waals surface area contributed by atoms with Gasteiger partial charge in [-0.1, -0.05) is 0 Å².